The van der Waals surface area contributed by atoms with E-state index in [1.54, 1.807) is 0 Å². The molecule has 2 N–H and O–H groups in total. The maximum Gasteiger partial charge on any atom is 0.294 e. The number of amides is 1. The lowest BCUT2D eigenvalue weighted by Crippen LogP contribution is -2.44. The number of benzene rings is 2. The van der Waals surface area contributed by atoms with Gasteiger partial charge in [-0.3, -0.25) is 9.35 Å². The SMILES string of the molecule is N#C/C(=C/N1CCN(c2cccc(Cl)c2)CC1)C(=O)Nc1cccc(S(=O)(=O)O)c1. The molecule has 0 unspecified atom stereocenters. The number of anilines is 2. The van der Waals surface area contributed by atoms with Crippen LogP contribution in [0.15, 0.2) is 65.2 Å². The lowest BCUT2D eigenvalue weighted by Gasteiger charge is -2.35. The number of piperazine rings is 1. The third kappa shape index (κ3) is 5.51. The van der Waals surface area contributed by atoms with Gasteiger partial charge in [0.15, 0.2) is 0 Å². The molecule has 1 saturated heterocycles. The zero-order valence-electron chi connectivity index (χ0n) is 15.8. The fourth-order valence-corrected chi connectivity index (χ4v) is 3.75. The molecule has 0 saturated carbocycles. The molecule has 0 spiro atoms. The number of nitrogens with zero attached hydrogens (tertiary/aromatic N) is 3. The van der Waals surface area contributed by atoms with Gasteiger partial charge in [0, 0.05) is 48.8 Å². The van der Waals surface area contributed by atoms with Crippen LogP contribution >= 0.6 is 11.6 Å². The van der Waals surface area contributed by atoms with Gasteiger partial charge >= 0.3 is 0 Å². The first kappa shape index (κ1) is 21.6. The quantitative estimate of drug-likeness (QED) is 0.412. The van der Waals surface area contributed by atoms with Gasteiger partial charge in [-0.25, -0.2) is 0 Å². The van der Waals surface area contributed by atoms with Crippen molar-refractivity contribution < 1.29 is 17.8 Å². The van der Waals surface area contributed by atoms with Gasteiger partial charge in [0.25, 0.3) is 16.0 Å². The minimum Gasteiger partial charge on any atom is -0.373 e. The molecule has 10 heteroatoms. The summed E-state index contributed by atoms with van der Waals surface area (Å²) in [6.07, 6.45) is 1.50. The summed E-state index contributed by atoms with van der Waals surface area (Å²) < 4.78 is 31.6. The first-order chi connectivity index (χ1) is 14.3. The Kier molecular flexibility index (Phi) is 6.62. The highest BCUT2D eigenvalue weighted by atomic mass is 35.5. The molecule has 3 rings (SSSR count). The van der Waals surface area contributed by atoms with Crippen molar-refractivity contribution in [1.82, 2.24) is 4.90 Å². The third-order valence-corrected chi connectivity index (χ3v) is 5.64. The molecule has 1 aliphatic rings. The number of halogens is 1. The minimum atomic E-state index is -4.39. The van der Waals surface area contributed by atoms with E-state index in [0.29, 0.717) is 31.2 Å². The maximum absolute atomic E-state index is 12.4. The number of nitrogens with one attached hydrogen (secondary N) is 1. The van der Waals surface area contributed by atoms with Crippen LogP contribution in [0, 0.1) is 11.3 Å². The normalized spacial score (nSPS) is 14.9. The Balaban J connectivity index is 1.65. The molecule has 2 aromatic rings. The molecule has 30 heavy (non-hydrogen) atoms. The van der Waals surface area contributed by atoms with Crippen molar-refractivity contribution >= 4 is 39.0 Å². The zero-order chi connectivity index (χ0) is 21.7. The summed E-state index contributed by atoms with van der Waals surface area (Å²) in [4.78, 5) is 16.1. The fourth-order valence-electron chi connectivity index (χ4n) is 3.04. The minimum absolute atomic E-state index is 0.108. The van der Waals surface area contributed by atoms with E-state index in [9.17, 15) is 18.5 Å². The van der Waals surface area contributed by atoms with Crippen molar-refractivity contribution in [2.24, 2.45) is 0 Å². The molecule has 1 amide bonds. The summed E-state index contributed by atoms with van der Waals surface area (Å²) in [5.74, 6) is -0.665. The van der Waals surface area contributed by atoms with Gasteiger partial charge in [0.05, 0.1) is 4.90 Å². The molecule has 1 aliphatic heterocycles. The summed E-state index contributed by atoms with van der Waals surface area (Å²) in [7, 11) is -4.39. The zero-order valence-corrected chi connectivity index (χ0v) is 17.4. The largest absolute Gasteiger partial charge is 0.373 e. The van der Waals surface area contributed by atoms with Crippen LogP contribution < -0.4 is 10.2 Å². The van der Waals surface area contributed by atoms with Crippen LogP contribution in [-0.2, 0) is 14.9 Å². The van der Waals surface area contributed by atoms with Crippen molar-refractivity contribution in [3.05, 3.63) is 65.3 Å². The number of hydrogen-bond acceptors (Lipinski definition) is 6. The van der Waals surface area contributed by atoms with E-state index in [1.807, 2.05) is 35.2 Å². The van der Waals surface area contributed by atoms with Gasteiger partial charge in [-0.15, -0.1) is 0 Å². The second-order valence-corrected chi connectivity index (χ2v) is 8.47. The average Bonchev–Trinajstić information content (AvgIpc) is 2.72. The van der Waals surface area contributed by atoms with Gasteiger partial charge in [-0.2, -0.15) is 13.7 Å². The van der Waals surface area contributed by atoms with Crippen LogP contribution in [0.3, 0.4) is 0 Å². The van der Waals surface area contributed by atoms with Gasteiger partial charge in [-0.1, -0.05) is 23.7 Å². The summed E-state index contributed by atoms with van der Waals surface area (Å²) >= 11 is 6.04. The van der Waals surface area contributed by atoms with Crippen LogP contribution in [0.2, 0.25) is 5.02 Å². The molecule has 0 aliphatic carbocycles. The Morgan fingerprint density at radius 3 is 2.47 bits per heavy atom. The molecule has 2 aromatic carbocycles. The molecular weight excluding hydrogens is 428 g/mol. The van der Waals surface area contributed by atoms with Gasteiger partial charge in [0.1, 0.15) is 11.6 Å². The highest BCUT2D eigenvalue weighted by Crippen LogP contribution is 2.21. The van der Waals surface area contributed by atoms with Gasteiger partial charge in [0.2, 0.25) is 0 Å². The number of carbonyl (C=O) groups excluding carboxylic acids is 1. The number of carbonyl (C=O) groups is 1. The molecule has 8 nitrogen and oxygen atoms in total. The predicted octanol–water partition coefficient (Wildman–Crippen LogP) is 2.75. The fraction of sp³-hybridized carbons (Fsp3) is 0.200. The number of hydrogen-bond donors (Lipinski definition) is 2. The Labute approximate surface area is 179 Å². The lowest BCUT2D eigenvalue weighted by molar-refractivity contribution is -0.112. The van der Waals surface area contributed by atoms with E-state index < -0.39 is 16.0 Å². The van der Waals surface area contributed by atoms with Crippen LogP contribution in [-0.4, -0.2) is 50.0 Å². The second-order valence-electron chi connectivity index (χ2n) is 6.61. The summed E-state index contributed by atoms with van der Waals surface area (Å²) in [6, 6.07) is 14.6. The van der Waals surface area contributed by atoms with Crippen molar-refractivity contribution in [2.45, 2.75) is 4.90 Å². The van der Waals surface area contributed by atoms with Crippen molar-refractivity contribution in [1.29, 1.82) is 5.26 Å². The first-order valence-corrected chi connectivity index (χ1v) is 10.8. The lowest BCUT2D eigenvalue weighted by atomic mass is 10.2. The molecular formula is C20H19ClN4O4S. The van der Waals surface area contributed by atoms with Crippen LogP contribution in [0.5, 0.6) is 0 Å². The van der Waals surface area contributed by atoms with E-state index in [-0.39, 0.29) is 16.2 Å². The second kappa shape index (κ2) is 9.17. The first-order valence-electron chi connectivity index (χ1n) is 9.01. The van der Waals surface area contributed by atoms with Crippen molar-refractivity contribution in [2.75, 3.05) is 36.4 Å². The van der Waals surface area contributed by atoms with Crippen molar-refractivity contribution in [3.8, 4) is 6.07 Å². The van der Waals surface area contributed by atoms with Crippen LogP contribution in [0.25, 0.3) is 0 Å². The highest BCUT2D eigenvalue weighted by molar-refractivity contribution is 7.85. The van der Waals surface area contributed by atoms with Gasteiger partial charge < -0.3 is 15.1 Å². The third-order valence-electron chi connectivity index (χ3n) is 4.55. The summed E-state index contributed by atoms with van der Waals surface area (Å²) in [6.45, 7) is 2.63. The standard InChI is InChI=1S/C20H19ClN4O4S/c21-16-3-1-5-18(11-16)25-9-7-24(8-10-25)14-15(13-22)20(26)23-17-4-2-6-19(12-17)30(27,28)29/h1-6,11-12,14H,7-10H2,(H,23,26)(H,27,28,29)/b15-14-. The van der Waals surface area contributed by atoms with E-state index >= 15 is 0 Å². The van der Waals surface area contributed by atoms with E-state index in [4.69, 9.17) is 16.2 Å². The Bertz CT molecular complexity index is 1120. The Morgan fingerprint density at radius 1 is 1.13 bits per heavy atom. The average molecular weight is 447 g/mol. The highest BCUT2D eigenvalue weighted by Gasteiger charge is 2.18. The van der Waals surface area contributed by atoms with Crippen LogP contribution in [0.1, 0.15) is 0 Å². The monoisotopic (exact) mass is 446 g/mol. The molecule has 0 atom stereocenters. The summed E-state index contributed by atoms with van der Waals surface area (Å²) in [5.41, 5.74) is 1.06. The molecule has 1 heterocycles. The molecule has 0 bridgehead atoms. The summed E-state index contributed by atoms with van der Waals surface area (Å²) in [5, 5.41) is 12.5. The van der Waals surface area contributed by atoms with Gasteiger partial charge in [-0.05, 0) is 36.4 Å². The van der Waals surface area contributed by atoms with Crippen LogP contribution in [0.4, 0.5) is 11.4 Å². The topological polar surface area (TPSA) is 114 Å². The maximum atomic E-state index is 12.4. The van der Waals surface area contributed by atoms with Crippen molar-refractivity contribution in [3.63, 3.8) is 0 Å². The smallest absolute Gasteiger partial charge is 0.294 e. The molecule has 156 valence electrons. The Morgan fingerprint density at radius 2 is 1.83 bits per heavy atom. The molecule has 0 radical (unpaired) electrons. The number of rotatable bonds is 5. The van der Waals surface area contributed by atoms with E-state index in [1.165, 1.54) is 24.4 Å². The Hall–Kier alpha value is -3.06. The van der Waals surface area contributed by atoms with E-state index in [2.05, 4.69) is 10.2 Å². The van der Waals surface area contributed by atoms with E-state index in [0.717, 1.165) is 11.8 Å². The molecule has 0 aromatic heterocycles. The molecule has 1 fully saturated rings. The predicted molar refractivity (Wildman–Crippen MR) is 114 cm³/mol. The number of nitriles is 1.